The summed E-state index contributed by atoms with van der Waals surface area (Å²) in [4.78, 5) is 97.9. The van der Waals surface area contributed by atoms with Crippen molar-refractivity contribution in [2.45, 2.75) is 126 Å². The Morgan fingerprint density at radius 1 is 0.370 bits per heavy atom. The molecule has 0 saturated heterocycles. The van der Waals surface area contributed by atoms with Crippen LogP contribution in [0.15, 0.2) is 0 Å². The summed E-state index contributed by atoms with van der Waals surface area (Å²) in [6.07, 6.45) is 17.2. The second-order valence-electron chi connectivity index (χ2n) is 15.2. The van der Waals surface area contributed by atoms with Crippen molar-refractivity contribution in [3.63, 3.8) is 0 Å². The Bertz CT molecular complexity index is 1300. The third-order valence-electron chi connectivity index (χ3n) is 6.73. The van der Waals surface area contributed by atoms with Gasteiger partial charge in [0.1, 0.15) is 24.8 Å². The van der Waals surface area contributed by atoms with Gasteiger partial charge in [-0.05, 0) is 74.1 Å². The van der Waals surface area contributed by atoms with Crippen LogP contribution >= 0.6 is 43.2 Å². The molecule has 0 amide bonds. The number of rotatable bonds is 47. The van der Waals surface area contributed by atoms with E-state index in [2.05, 4.69) is 59.1 Å². The van der Waals surface area contributed by atoms with Gasteiger partial charge in [0, 0.05) is 249 Å². The summed E-state index contributed by atoms with van der Waals surface area (Å²) in [6.45, 7) is 40.8. The third-order valence-corrected chi connectivity index (χ3v) is 11.4. The molecule has 92 heavy (non-hydrogen) atoms. The van der Waals surface area contributed by atoms with Crippen LogP contribution in [-0.4, -0.2) is 216 Å². The summed E-state index contributed by atoms with van der Waals surface area (Å²) in [5, 5.41) is 6.09. The summed E-state index contributed by atoms with van der Waals surface area (Å²) < 4.78 is 39.9. The Labute approximate surface area is 717 Å². The summed E-state index contributed by atoms with van der Waals surface area (Å²) in [6, 6.07) is 0. The molecular formula is C58H108N2O18S4W10-10. The van der Waals surface area contributed by atoms with Crippen LogP contribution in [0.2, 0.25) is 0 Å². The van der Waals surface area contributed by atoms with Crippen LogP contribution < -0.4 is 10.6 Å². The number of carbonyl (C=O) groups is 5. The summed E-state index contributed by atoms with van der Waals surface area (Å²) >= 11 is 0. The molecule has 0 aromatic carbocycles. The fourth-order valence-electron chi connectivity index (χ4n) is 2.88. The van der Waals surface area contributed by atoms with Crippen LogP contribution in [0, 0.1) is 34.6 Å². The molecule has 2 N–H and O–H groups in total. The van der Waals surface area contributed by atoms with Gasteiger partial charge in [-0.15, -0.1) is 17.2 Å². The molecule has 0 aliphatic heterocycles. The number of hydrogen-bond acceptors (Lipinski definition) is 24. The van der Waals surface area contributed by atoms with E-state index in [4.69, 9.17) is 37.9 Å². The van der Waals surface area contributed by atoms with E-state index in [0.29, 0.717) is 83.8 Å². The molecule has 0 radical (unpaired) electrons. The standard InChI is InChI=1S/C8H18NO2.2C8H15O3.C7H11O4.C6H14NS2.C5H7O2S2.C4H5O2.2C4H7O.C4H9.10W/c1-3-5-10-7-8-11-6-4-9-2;1-3-4-10-5-6-11-7-8(2)9;1-2-3-5-10-7-8-11-6-4-9;1-7(9)6-11-5-4-10-3-2-8;1-3-5-8-9-6-4-7-2;1-5(7)4-9-8-3-2-6;1-4(6)2-3-5;1-3-4(2)5;1-2-3-4-5;1-3-4-2;;;;;;;;;;/h9H,1,3-8H2,2H3;1,3-7H2,2H3;2-3,5-8H2,1H3;3-6H2,1H3;7H,1,3-6H2,2H3;3-4H2,1H3;2H2,1H3;1,3H2,2H3;2-3H2,1H3;1,3-4H2,2H3;;;;;;;;;;/q10*-1;;;;;;;;;;. The maximum Gasteiger partial charge on any atom is 0.155 e. The molecular weight excluding hydrogens is 2980 g/mol. The van der Waals surface area contributed by atoms with Crippen LogP contribution in [0.25, 0.3) is 0 Å². The smallest absolute Gasteiger partial charge is 0.155 e. The van der Waals surface area contributed by atoms with Crippen molar-refractivity contribution >= 4 is 104 Å². The number of likely N-dealkylation sites (N-methyl/N-ethyl adjacent to an activating group) is 1. The first kappa shape index (κ1) is 150. The zero-order chi connectivity index (χ0) is 64.7. The topological polar surface area (TPSA) is 269 Å². The van der Waals surface area contributed by atoms with Gasteiger partial charge in [-0.1, -0.05) is 84.6 Å². The average Bonchev–Trinajstić information content (AvgIpc) is 3.45. The van der Waals surface area contributed by atoms with Crippen molar-refractivity contribution in [3.05, 3.63) is 34.6 Å². The monoisotopic (exact) mass is 3090 g/mol. The van der Waals surface area contributed by atoms with Crippen LogP contribution in [0.5, 0.6) is 0 Å². The van der Waals surface area contributed by atoms with Crippen molar-refractivity contribution in [2.75, 3.05) is 156 Å². The Morgan fingerprint density at radius 2 is 0.750 bits per heavy atom. The van der Waals surface area contributed by atoms with Gasteiger partial charge in [0.15, 0.2) is 11.6 Å². The number of nitrogens with one attached hydrogen (secondary N) is 2. The SMILES string of the molecule is CC(=O)COCCOC[C-]=O.CC(=O)CSSC[C-]=O.CC(=O)C[C-]=O.CCCCOCCOC[C-]=O.CCC[C-]=O.[CH2-]CC(C)=O.[CH2-]CCC.[CH2-]CCOCCOCC(C)=O.[CH2-]CCOCCOCCNC.[CH2-]CCSSCCNC.[W].[W].[W].[W].[W].[W].[W].[W].[W].[W]. The van der Waals surface area contributed by atoms with Crippen LogP contribution in [0.1, 0.15) is 126 Å². The minimum absolute atomic E-state index is 0. The number of carbonyl (C=O) groups excluding carboxylic acids is 10. The maximum absolute atomic E-state index is 10.4. The normalized spacial score (nSPS) is 8.25. The number of unbranched alkanes of at least 4 members (excludes halogenated alkanes) is 3. The van der Waals surface area contributed by atoms with E-state index in [-0.39, 0.29) is 272 Å². The molecule has 0 spiro atoms. The van der Waals surface area contributed by atoms with Gasteiger partial charge in [-0.2, -0.15) is 32.1 Å². The van der Waals surface area contributed by atoms with E-state index < -0.39 is 0 Å². The predicted molar refractivity (Wildman–Crippen MR) is 341 cm³/mol. The van der Waals surface area contributed by atoms with Gasteiger partial charge in [0.2, 0.25) is 0 Å². The summed E-state index contributed by atoms with van der Waals surface area (Å²) in [5.41, 5.74) is 0. The summed E-state index contributed by atoms with van der Waals surface area (Å²) in [5.74, 6) is 3.36. The van der Waals surface area contributed by atoms with Gasteiger partial charge in [-0.3, -0.25) is 33.2 Å². The van der Waals surface area contributed by atoms with Crippen LogP contribution in [-0.2, 0) is 296 Å². The molecule has 0 saturated carbocycles. The molecule has 34 heteroatoms. The zero-order valence-corrected chi connectivity index (χ0v) is 88.5. The molecule has 0 rings (SSSR count). The summed E-state index contributed by atoms with van der Waals surface area (Å²) in [7, 11) is 10.5. The molecule has 0 unspecified atom stereocenters. The number of Topliss-reactive ketones (excluding diaryl/α,β-unsaturated/α-hetero) is 5. The maximum atomic E-state index is 10.4. The van der Waals surface area contributed by atoms with Crippen molar-refractivity contribution in [2.24, 2.45) is 0 Å². The van der Waals surface area contributed by atoms with Crippen molar-refractivity contribution in [1.82, 2.24) is 10.6 Å². The van der Waals surface area contributed by atoms with Crippen molar-refractivity contribution in [3.8, 4) is 0 Å². The second-order valence-corrected chi connectivity index (χ2v) is 20.4. The Balaban J connectivity index is -0.0000000348. The van der Waals surface area contributed by atoms with Gasteiger partial charge < -0.3 is 117 Å². The predicted octanol–water partition coefficient (Wildman–Crippen LogP) is 8.19. The van der Waals surface area contributed by atoms with Gasteiger partial charge in [0.05, 0.1) is 71.0 Å². The van der Waals surface area contributed by atoms with Gasteiger partial charge in [-0.25, -0.2) is 12.6 Å². The molecule has 0 aliphatic carbocycles. The van der Waals surface area contributed by atoms with Crippen LogP contribution in [0.3, 0.4) is 0 Å². The quantitative estimate of drug-likeness (QED) is 0.0251. The minimum Gasteiger partial charge on any atom is -0.542 e. The minimum atomic E-state index is -0.134. The van der Waals surface area contributed by atoms with Gasteiger partial charge >= 0.3 is 0 Å². The molecule has 552 valence electrons. The van der Waals surface area contributed by atoms with E-state index in [1.165, 1.54) is 80.4 Å². The number of ether oxygens (including phenoxy) is 8. The Morgan fingerprint density at radius 3 is 1.01 bits per heavy atom. The van der Waals surface area contributed by atoms with Crippen molar-refractivity contribution in [1.29, 1.82) is 0 Å². The molecule has 0 atom stereocenters. The Kier molecular flexibility index (Phi) is 273. The number of ketones is 5. The molecule has 0 aromatic rings. The molecule has 0 fully saturated rings. The van der Waals surface area contributed by atoms with Crippen molar-refractivity contribution < 1.29 is 296 Å². The molecule has 0 bridgehead atoms. The van der Waals surface area contributed by atoms with E-state index in [1.807, 2.05) is 42.6 Å². The van der Waals surface area contributed by atoms with E-state index in [1.54, 1.807) is 25.1 Å². The second kappa shape index (κ2) is 167. The van der Waals surface area contributed by atoms with E-state index in [0.717, 1.165) is 77.9 Å². The molecule has 0 aromatic heterocycles. The fraction of sp³-hybridized carbons (Fsp3) is 0.741. The first-order chi connectivity index (χ1) is 39.4. The molecule has 0 heterocycles. The average molecular weight is 3090 g/mol. The van der Waals surface area contributed by atoms with Gasteiger partial charge in [0.25, 0.3) is 0 Å². The molecule has 0 aliphatic rings. The molecule has 20 nitrogen and oxygen atoms in total. The van der Waals surface area contributed by atoms with E-state index >= 15 is 0 Å². The first-order valence-electron chi connectivity index (χ1n) is 27.0. The van der Waals surface area contributed by atoms with E-state index in [9.17, 15) is 47.9 Å². The zero-order valence-electron chi connectivity index (χ0n) is 55.9. The first-order valence-corrected chi connectivity index (χ1v) is 32.0. The fourth-order valence-corrected chi connectivity index (χ4v) is 6.35. The third kappa shape index (κ3) is 259. The Hall–Kier alpha value is 4.58. The number of hydrogen-bond donors (Lipinski definition) is 2. The largest absolute Gasteiger partial charge is 0.542 e. The van der Waals surface area contributed by atoms with Crippen LogP contribution in [0.4, 0.5) is 0 Å².